The van der Waals surface area contributed by atoms with Crippen LogP contribution in [0, 0.1) is 0 Å². The standard InChI is InChI=1S/C17H21N3O3S/c1-13(2)20-24(22,23)16-10-8-15(9-11-16)19-17(21)18-12-14-6-4-3-5-7-14/h3-11,13,20H,12H2,1-2H3,(H2,18,19,21). The van der Waals surface area contributed by atoms with Crippen molar-refractivity contribution >= 4 is 21.7 Å². The molecular weight excluding hydrogens is 326 g/mol. The number of carbonyl (C=O) groups is 1. The minimum absolute atomic E-state index is 0.159. The van der Waals surface area contributed by atoms with Crippen molar-refractivity contribution in [3.8, 4) is 0 Å². The van der Waals surface area contributed by atoms with Crippen LogP contribution < -0.4 is 15.4 Å². The van der Waals surface area contributed by atoms with Crippen LogP contribution in [0.15, 0.2) is 59.5 Å². The predicted molar refractivity (Wildman–Crippen MR) is 94.2 cm³/mol. The number of anilines is 1. The smallest absolute Gasteiger partial charge is 0.319 e. The highest BCUT2D eigenvalue weighted by Crippen LogP contribution is 2.14. The molecule has 0 heterocycles. The van der Waals surface area contributed by atoms with Gasteiger partial charge in [0.25, 0.3) is 0 Å². The maximum Gasteiger partial charge on any atom is 0.319 e. The third-order valence-electron chi connectivity index (χ3n) is 3.11. The van der Waals surface area contributed by atoms with Crippen molar-refractivity contribution in [1.29, 1.82) is 0 Å². The number of sulfonamides is 1. The van der Waals surface area contributed by atoms with Crippen LogP contribution in [0.3, 0.4) is 0 Å². The van der Waals surface area contributed by atoms with E-state index in [1.54, 1.807) is 26.0 Å². The first kappa shape index (κ1) is 18.0. The summed E-state index contributed by atoms with van der Waals surface area (Å²) in [5.41, 5.74) is 1.51. The van der Waals surface area contributed by atoms with Crippen LogP contribution in [0.4, 0.5) is 10.5 Å². The van der Waals surface area contributed by atoms with Crippen LogP contribution in [-0.2, 0) is 16.6 Å². The highest BCUT2D eigenvalue weighted by atomic mass is 32.2. The Labute approximate surface area is 142 Å². The summed E-state index contributed by atoms with van der Waals surface area (Å²) in [6.07, 6.45) is 0. The van der Waals surface area contributed by atoms with Crippen LogP contribution in [0.1, 0.15) is 19.4 Å². The van der Waals surface area contributed by atoms with Gasteiger partial charge in [-0.25, -0.2) is 17.9 Å². The van der Waals surface area contributed by atoms with Gasteiger partial charge in [-0.05, 0) is 43.7 Å². The summed E-state index contributed by atoms with van der Waals surface area (Å²) in [4.78, 5) is 12.0. The van der Waals surface area contributed by atoms with E-state index in [-0.39, 0.29) is 17.0 Å². The van der Waals surface area contributed by atoms with Gasteiger partial charge in [0.1, 0.15) is 0 Å². The Kier molecular flexibility index (Phi) is 5.94. The van der Waals surface area contributed by atoms with E-state index >= 15 is 0 Å². The second-order valence-electron chi connectivity index (χ2n) is 5.59. The lowest BCUT2D eigenvalue weighted by atomic mass is 10.2. The minimum Gasteiger partial charge on any atom is -0.334 e. The zero-order valence-electron chi connectivity index (χ0n) is 13.6. The fourth-order valence-electron chi connectivity index (χ4n) is 2.05. The molecule has 0 unspecified atom stereocenters. The molecule has 2 rings (SSSR count). The molecule has 2 aromatic rings. The van der Waals surface area contributed by atoms with Gasteiger partial charge < -0.3 is 10.6 Å². The predicted octanol–water partition coefficient (Wildman–Crippen LogP) is 2.70. The number of hydrogen-bond acceptors (Lipinski definition) is 3. The molecule has 2 aromatic carbocycles. The summed E-state index contributed by atoms with van der Waals surface area (Å²) < 4.78 is 26.6. The quantitative estimate of drug-likeness (QED) is 0.751. The molecule has 128 valence electrons. The van der Waals surface area contributed by atoms with Gasteiger partial charge in [-0.2, -0.15) is 0 Å². The Bertz CT molecular complexity index is 772. The Morgan fingerprint density at radius 3 is 2.21 bits per heavy atom. The molecule has 0 fully saturated rings. The van der Waals surface area contributed by atoms with E-state index in [1.807, 2.05) is 30.3 Å². The van der Waals surface area contributed by atoms with E-state index < -0.39 is 10.0 Å². The Balaban J connectivity index is 1.92. The van der Waals surface area contributed by atoms with Crippen LogP contribution in [0.25, 0.3) is 0 Å². The van der Waals surface area contributed by atoms with E-state index in [0.717, 1.165) is 5.56 Å². The number of hydrogen-bond donors (Lipinski definition) is 3. The molecule has 0 spiro atoms. The van der Waals surface area contributed by atoms with Gasteiger partial charge in [0.05, 0.1) is 4.90 Å². The van der Waals surface area contributed by atoms with Crippen molar-refractivity contribution in [3.63, 3.8) is 0 Å². The maximum atomic E-state index is 12.0. The van der Waals surface area contributed by atoms with E-state index in [2.05, 4.69) is 15.4 Å². The summed E-state index contributed by atoms with van der Waals surface area (Å²) in [7, 11) is -3.53. The number of nitrogens with one attached hydrogen (secondary N) is 3. The summed E-state index contributed by atoms with van der Waals surface area (Å²) >= 11 is 0. The molecule has 24 heavy (non-hydrogen) atoms. The highest BCUT2D eigenvalue weighted by molar-refractivity contribution is 7.89. The molecule has 7 heteroatoms. The first-order chi connectivity index (χ1) is 11.4. The minimum atomic E-state index is -3.53. The second-order valence-corrected chi connectivity index (χ2v) is 7.31. The topological polar surface area (TPSA) is 87.3 Å². The third kappa shape index (κ3) is 5.36. The molecule has 6 nitrogen and oxygen atoms in total. The first-order valence-electron chi connectivity index (χ1n) is 7.58. The van der Waals surface area contributed by atoms with Crippen molar-refractivity contribution in [2.45, 2.75) is 31.3 Å². The van der Waals surface area contributed by atoms with Gasteiger partial charge in [-0.3, -0.25) is 0 Å². The van der Waals surface area contributed by atoms with E-state index in [1.165, 1.54) is 12.1 Å². The lowest BCUT2D eigenvalue weighted by molar-refractivity contribution is 0.251. The SMILES string of the molecule is CC(C)NS(=O)(=O)c1ccc(NC(=O)NCc2ccccc2)cc1. The lowest BCUT2D eigenvalue weighted by Gasteiger charge is -2.11. The van der Waals surface area contributed by atoms with Crippen molar-refractivity contribution in [2.75, 3.05) is 5.32 Å². The number of urea groups is 1. The van der Waals surface area contributed by atoms with E-state index in [4.69, 9.17) is 0 Å². The molecular formula is C17H21N3O3S. The summed E-state index contributed by atoms with van der Waals surface area (Å²) in [5, 5.41) is 5.40. The average molecular weight is 347 g/mol. The fourth-order valence-corrected chi connectivity index (χ4v) is 3.30. The molecule has 0 aliphatic heterocycles. The van der Waals surface area contributed by atoms with Crippen molar-refractivity contribution in [1.82, 2.24) is 10.0 Å². The molecule has 0 aromatic heterocycles. The Morgan fingerprint density at radius 1 is 1.00 bits per heavy atom. The average Bonchev–Trinajstić information content (AvgIpc) is 2.53. The summed E-state index contributed by atoms with van der Waals surface area (Å²) in [6, 6.07) is 15.0. The monoisotopic (exact) mass is 347 g/mol. The molecule has 0 saturated heterocycles. The zero-order chi connectivity index (χ0) is 17.6. The number of carbonyl (C=O) groups excluding carboxylic acids is 1. The van der Waals surface area contributed by atoms with Gasteiger partial charge in [-0.15, -0.1) is 0 Å². The highest BCUT2D eigenvalue weighted by Gasteiger charge is 2.15. The van der Waals surface area contributed by atoms with Gasteiger partial charge in [0, 0.05) is 18.3 Å². The Morgan fingerprint density at radius 2 is 1.62 bits per heavy atom. The lowest BCUT2D eigenvalue weighted by Crippen LogP contribution is -2.30. The largest absolute Gasteiger partial charge is 0.334 e. The van der Waals surface area contributed by atoms with E-state index in [0.29, 0.717) is 12.2 Å². The molecule has 0 atom stereocenters. The van der Waals surface area contributed by atoms with Crippen molar-refractivity contribution in [2.24, 2.45) is 0 Å². The molecule has 0 saturated carbocycles. The van der Waals surface area contributed by atoms with Crippen molar-refractivity contribution < 1.29 is 13.2 Å². The van der Waals surface area contributed by atoms with Gasteiger partial charge in [0.2, 0.25) is 10.0 Å². The number of amides is 2. The van der Waals surface area contributed by atoms with Crippen LogP contribution in [-0.4, -0.2) is 20.5 Å². The zero-order valence-corrected chi connectivity index (χ0v) is 14.4. The van der Waals surface area contributed by atoms with Crippen LogP contribution in [0.2, 0.25) is 0 Å². The molecule has 0 bridgehead atoms. The second kappa shape index (κ2) is 7.94. The number of rotatable bonds is 6. The molecule has 0 aliphatic carbocycles. The molecule has 0 aliphatic rings. The normalized spacial score (nSPS) is 11.3. The van der Waals surface area contributed by atoms with Crippen LogP contribution in [0.5, 0.6) is 0 Å². The number of benzene rings is 2. The van der Waals surface area contributed by atoms with Gasteiger partial charge in [-0.1, -0.05) is 30.3 Å². The summed E-state index contributed by atoms with van der Waals surface area (Å²) in [6.45, 7) is 3.92. The first-order valence-corrected chi connectivity index (χ1v) is 9.06. The Hall–Kier alpha value is -2.38. The van der Waals surface area contributed by atoms with Gasteiger partial charge >= 0.3 is 6.03 Å². The third-order valence-corrected chi connectivity index (χ3v) is 4.78. The van der Waals surface area contributed by atoms with Crippen molar-refractivity contribution in [3.05, 3.63) is 60.2 Å². The molecule has 2 amide bonds. The van der Waals surface area contributed by atoms with Gasteiger partial charge in [0.15, 0.2) is 0 Å². The fraction of sp³-hybridized carbons (Fsp3) is 0.235. The maximum absolute atomic E-state index is 12.0. The summed E-state index contributed by atoms with van der Waals surface area (Å²) in [5.74, 6) is 0. The molecule has 0 radical (unpaired) electrons. The van der Waals surface area contributed by atoms with E-state index in [9.17, 15) is 13.2 Å². The van der Waals surface area contributed by atoms with Crippen LogP contribution >= 0.6 is 0 Å². The molecule has 3 N–H and O–H groups in total.